The van der Waals surface area contributed by atoms with Gasteiger partial charge in [-0.1, -0.05) is 6.42 Å². The van der Waals surface area contributed by atoms with E-state index in [1.54, 1.807) is 7.11 Å². The van der Waals surface area contributed by atoms with Crippen molar-refractivity contribution in [2.24, 2.45) is 0 Å². The standard InChI is InChI=1S/C16H22N4O2/c1-11-10-12(16(21)17-7-9-22-2)14-15(18-11)20-8-5-3-4-6-13(20)19-14/h10H,3-9H2,1-2H3,(H,17,21). The summed E-state index contributed by atoms with van der Waals surface area (Å²) >= 11 is 0. The van der Waals surface area contributed by atoms with Gasteiger partial charge in [-0.15, -0.1) is 0 Å². The highest BCUT2D eigenvalue weighted by Gasteiger charge is 2.20. The summed E-state index contributed by atoms with van der Waals surface area (Å²) in [6.07, 6.45) is 4.47. The maximum Gasteiger partial charge on any atom is 0.253 e. The minimum Gasteiger partial charge on any atom is -0.383 e. The predicted octanol–water partition coefficient (Wildman–Crippen LogP) is 1.84. The molecule has 118 valence electrons. The molecule has 0 atom stereocenters. The fourth-order valence-electron chi connectivity index (χ4n) is 2.95. The molecule has 22 heavy (non-hydrogen) atoms. The summed E-state index contributed by atoms with van der Waals surface area (Å²) in [5.41, 5.74) is 3.02. The van der Waals surface area contributed by atoms with E-state index in [1.165, 1.54) is 6.42 Å². The molecule has 1 aliphatic heterocycles. The van der Waals surface area contributed by atoms with Gasteiger partial charge in [0, 0.05) is 32.3 Å². The van der Waals surface area contributed by atoms with Crippen LogP contribution in [0.1, 0.15) is 41.1 Å². The van der Waals surface area contributed by atoms with E-state index in [1.807, 2.05) is 13.0 Å². The lowest BCUT2D eigenvalue weighted by atomic mass is 10.2. The first-order valence-electron chi connectivity index (χ1n) is 7.84. The zero-order valence-electron chi connectivity index (χ0n) is 13.2. The third kappa shape index (κ3) is 2.83. The van der Waals surface area contributed by atoms with Crippen molar-refractivity contribution in [2.45, 2.75) is 39.2 Å². The predicted molar refractivity (Wildman–Crippen MR) is 84.0 cm³/mol. The number of rotatable bonds is 4. The summed E-state index contributed by atoms with van der Waals surface area (Å²) in [5, 5.41) is 2.87. The van der Waals surface area contributed by atoms with Gasteiger partial charge in [-0.2, -0.15) is 0 Å². The number of hydrogen-bond acceptors (Lipinski definition) is 4. The molecule has 3 heterocycles. The number of ether oxygens (including phenoxy) is 1. The summed E-state index contributed by atoms with van der Waals surface area (Å²) < 4.78 is 7.15. The highest BCUT2D eigenvalue weighted by molar-refractivity contribution is 6.04. The molecule has 0 spiro atoms. The lowest BCUT2D eigenvalue weighted by Crippen LogP contribution is -2.27. The highest BCUT2D eigenvalue weighted by atomic mass is 16.5. The van der Waals surface area contributed by atoms with Gasteiger partial charge < -0.3 is 14.6 Å². The second kappa shape index (κ2) is 6.44. The molecule has 0 aromatic carbocycles. The number of amides is 1. The van der Waals surface area contributed by atoms with Crippen molar-refractivity contribution < 1.29 is 9.53 Å². The molecule has 1 aliphatic rings. The Morgan fingerprint density at radius 2 is 2.23 bits per heavy atom. The molecular formula is C16H22N4O2. The number of methoxy groups -OCH3 is 1. The van der Waals surface area contributed by atoms with Crippen LogP contribution in [-0.2, 0) is 17.7 Å². The Bertz CT molecular complexity index is 693. The van der Waals surface area contributed by atoms with Gasteiger partial charge in [-0.3, -0.25) is 4.79 Å². The number of carbonyl (C=O) groups excluding carboxylic acids is 1. The summed E-state index contributed by atoms with van der Waals surface area (Å²) in [6.45, 7) is 3.85. The zero-order valence-corrected chi connectivity index (χ0v) is 13.2. The molecule has 0 saturated heterocycles. The van der Waals surface area contributed by atoms with Crippen LogP contribution in [0.5, 0.6) is 0 Å². The fraction of sp³-hybridized carbons (Fsp3) is 0.562. The Morgan fingerprint density at radius 3 is 3.05 bits per heavy atom. The molecule has 0 bridgehead atoms. The molecule has 6 heteroatoms. The normalized spacial score (nSPS) is 14.6. The van der Waals surface area contributed by atoms with Crippen molar-refractivity contribution in [1.82, 2.24) is 19.9 Å². The van der Waals surface area contributed by atoms with E-state index in [9.17, 15) is 4.79 Å². The molecule has 0 unspecified atom stereocenters. The van der Waals surface area contributed by atoms with Crippen LogP contribution in [0.4, 0.5) is 0 Å². The monoisotopic (exact) mass is 302 g/mol. The number of nitrogens with one attached hydrogen (secondary N) is 1. The Kier molecular flexibility index (Phi) is 4.38. The summed E-state index contributed by atoms with van der Waals surface area (Å²) in [4.78, 5) is 21.8. The number of imidazole rings is 1. The summed E-state index contributed by atoms with van der Waals surface area (Å²) in [7, 11) is 1.62. The Hall–Kier alpha value is -1.95. The Labute approximate surface area is 129 Å². The fourth-order valence-corrected chi connectivity index (χ4v) is 2.95. The quantitative estimate of drug-likeness (QED) is 0.875. The van der Waals surface area contributed by atoms with E-state index in [-0.39, 0.29) is 5.91 Å². The smallest absolute Gasteiger partial charge is 0.253 e. The summed E-state index contributed by atoms with van der Waals surface area (Å²) in [5.74, 6) is 0.942. The number of carbonyl (C=O) groups is 1. The molecule has 0 radical (unpaired) electrons. The largest absolute Gasteiger partial charge is 0.383 e. The van der Waals surface area contributed by atoms with Crippen molar-refractivity contribution >= 4 is 17.1 Å². The van der Waals surface area contributed by atoms with E-state index >= 15 is 0 Å². The van der Waals surface area contributed by atoms with Crippen LogP contribution in [0.2, 0.25) is 0 Å². The lowest BCUT2D eigenvalue weighted by molar-refractivity contribution is 0.0938. The molecule has 0 saturated carbocycles. The maximum absolute atomic E-state index is 12.4. The average molecular weight is 302 g/mol. The van der Waals surface area contributed by atoms with Crippen molar-refractivity contribution in [1.29, 1.82) is 0 Å². The molecule has 2 aromatic heterocycles. The van der Waals surface area contributed by atoms with Crippen molar-refractivity contribution in [3.8, 4) is 0 Å². The molecule has 2 aromatic rings. The van der Waals surface area contributed by atoms with Gasteiger partial charge in [-0.25, -0.2) is 9.97 Å². The molecule has 3 rings (SSSR count). The Morgan fingerprint density at radius 1 is 1.36 bits per heavy atom. The second-order valence-corrected chi connectivity index (χ2v) is 5.72. The van der Waals surface area contributed by atoms with E-state index in [0.717, 1.165) is 48.5 Å². The van der Waals surface area contributed by atoms with E-state index in [0.29, 0.717) is 18.7 Å². The third-order valence-corrected chi connectivity index (χ3v) is 4.03. The number of aryl methyl sites for hydroxylation is 3. The highest BCUT2D eigenvalue weighted by Crippen LogP contribution is 2.23. The van der Waals surface area contributed by atoms with Gasteiger partial charge in [0.05, 0.1) is 12.2 Å². The number of fused-ring (bicyclic) bond motifs is 3. The van der Waals surface area contributed by atoms with Gasteiger partial charge in [-0.05, 0) is 25.8 Å². The van der Waals surface area contributed by atoms with E-state index < -0.39 is 0 Å². The SMILES string of the molecule is COCCNC(=O)c1cc(C)nc2c1nc1n2CCCCC1. The van der Waals surface area contributed by atoms with Crippen molar-refractivity contribution in [3.63, 3.8) is 0 Å². The number of aromatic nitrogens is 3. The number of hydrogen-bond donors (Lipinski definition) is 1. The van der Waals surface area contributed by atoms with Gasteiger partial charge in [0.25, 0.3) is 5.91 Å². The first kappa shape index (κ1) is 15.0. The second-order valence-electron chi connectivity index (χ2n) is 5.72. The van der Waals surface area contributed by atoms with Crippen molar-refractivity contribution in [3.05, 3.63) is 23.1 Å². The number of nitrogens with zero attached hydrogens (tertiary/aromatic N) is 3. The van der Waals surface area contributed by atoms with Crippen molar-refractivity contribution in [2.75, 3.05) is 20.3 Å². The topological polar surface area (TPSA) is 69.0 Å². The van der Waals surface area contributed by atoms with Crippen LogP contribution in [-0.4, -0.2) is 40.7 Å². The van der Waals surface area contributed by atoms with Crippen LogP contribution in [0, 0.1) is 6.92 Å². The van der Waals surface area contributed by atoms with Crippen LogP contribution in [0.15, 0.2) is 6.07 Å². The Balaban J connectivity index is 2.01. The minimum absolute atomic E-state index is 0.110. The van der Waals surface area contributed by atoms with Crippen LogP contribution in [0.25, 0.3) is 11.2 Å². The number of pyridine rings is 1. The minimum atomic E-state index is -0.110. The van der Waals surface area contributed by atoms with Gasteiger partial charge >= 0.3 is 0 Å². The van der Waals surface area contributed by atoms with Gasteiger partial charge in [0.2, 0.25) is 0 Å². The van der Waals surface area contributed by atoms with Gasteiger partial charge in [0.1, 0.15) is 11.3 Å². The molecule has 1 amide bonds. The molecule has 0 aliphatic carbocycles. The first-order chi connectivity index (χ1) is 10.7. The third-order valence-electron chi connectivity index (χ3n) is 4.03. The molecular weight excluding hydrogens is 280 g/mol. The summed E-state index contributed by atoms with van der Waals surface area (Å²) in [6, 6.07) is 1.82. The zero-order chi connectivity index (χ0) is 15.5. The van der Waals surface area contributed by atoms with E-state index in [4.69, 9.17) is 9.72 Å². The molecule has 0 fully saturated rings. The van der Waals surface area contributed by atoms with Crippen LogP contribution in [0.3, 0.4) is 0 Å². The van der Waals surface area contributed by atoms with Gasteiger partial charge in [0.15, 0.2) is 5.65 Å². The first-order valence-corrected chi connectivity index (χ1v) is 7.84. The molecule has 6 nitrogen and oxygen atoms in total. The maximum atomic E-state index is 12.4. The van der Waals surface area contributed by atoms with E-state index in [2.05, 4.69) is 14.9 Å². The average Bonchev–Trinajstić information content (AvgIpc) is 2.69. The van der Waals surface area contributed by atoms with Crippen LogP contribution < -0.4 is 5.32 Å². The molecule has 1 N–H and O–H groups in total. The van der Waals surface area contributed by atoms with Crippen LogP contribution >= 0.6 is 0 Å². The lowest BCUT2D eigenvalue weighted by Gasteiger charge is -2.07.